The normalized spacial score (nSPS) is 12.2. The second kappa shape index (κ2) is 6.22. The molecule has 0 spiro atoms. The summed E-state index contributed by atoms with van der Waals surface area (Å²) in [6.45, 7) is 4.25. The Morgan fingerprint density at radius 2 is 2.00 bits per heavy atom. The number of rotatable bonds is 4. The Morgan fingerprint density at radius 1 is 1.21 bits per heavy atom. The third-order valence-corrected chi connectivity index (χ3v) is 3.40. The SMILES string of the molecule is Cc1ccc([C@@H](C)O)c(OCc2cccc(Br)c2)c1. The first-order valence-corrected chi connectivity index (χ1v) is 7.01. The maximum absolute atomic E-state index is 9.75. The lowest BCUT2D eigenvalue weighted by Crippen LogP contribution is -2.01. The molecule has 2 aromatic carbocycles. The quantitative estimate of drug-likeness (QED) is 0.905. The summed E-state index contributed by atoms with van der Waals surface area (Å²) < 4.78 is 6.88. The minimum atomic E-state index is -0.530. The average Bonchev–Trinajstić information content (AvgIpc) is 2.36. The highest BCUT2D eigenvalue weighted by molar-refractivity contribution is 9.10. The van der Waals surface area contributed by atoms with Crippen LogP contribution in [0.5, 0.6) is 5.75 Å². The van der Waals surface area contributed by atoms with Gasteiger partial charge in [0.05, 0.1) is 6.10 Å². The number of benzene rings is 2. The Balaban J connectivity index is 2.17. The third-order valence-electron chi connectivity index (χ3n) is 2.90. The molecule has 3 heteroatoms. The van der Waals surface area contributed by atoms with Crippen LogP contribution in [0.25, 0.3) is 0 Å². The maximum atomic E-state index is 9.75. The molecule has 0 aromatic heterocycles. The zero-order valence-corrected chi connectivity index (χ0v) is 12.6. The van der Waals surface area contributed by atoms with Crippen molar-refractivity contribution in [1.29, 1.82) is 0 Å². The van der Waals surface area contributed by atoms with Crippen LogP contribution in [-0.2, 0) is 6.61 Å². The van der Waals surface area contributed by atoms with Gasteiger partial charge in [0.15, 0.2) is 0 Å². The van der Waals surface area contributed by atoms with Crippen molar-refractivity contribution in [2.45, 2.75) is 26.6 Å². The van der Waals surface area contributed by atoms with E-state index in [4.69, 9.17) is 4.74 Å². The average molecular weight is 321 g/mol. The van der Waals surface area contributed by atoms with Gasteiger partial charge in [-0.15, -0.1) is 0 Å². The first-order valence-electron chi connectivity index (χ1n) is 6.22. The first kappa shape index (κ1) is 14.1. The molecule has 1 atom stereocenters. The summed E-state index contributed by atoms with van der Waals surface area (Å²) in [7, 11) is 0. The Kier molecular flexibility index (Phi) is 4.61. The highest BCUT2D eigenvalue weighted by atomic mass is 79.9. The van der Waals surface area contributed by atoms with Gasteiger partial charge < -0.3 is 9.84 Å². The second-order valence-electron chi connectivity index (χ2n) is 4.64. The van der Waals surface area contributed by atoms with Crippen molar-refractivity contribution in [3.05, 3.63) is 63.6 Å². The van der Waals surface area contributed by atoms with E-state index in [-0.39, 0.29) is 0 Å². The van der Waals surface area contributed by atoms with Crippen molar-refractivity contribution >= 4 is 15.9 Å². The van der Waals surface area contributed by atoms with Gasteiger partial charge in [-0.05, 0) is 43.2 Å². The molecule has 0 aliphatic heterocycles. The standard InChI is InChI=1S/C16H17BrO2/c1-11-6-7-15(12(2)18)16(8-11)19-10-13-4-3-5-14(17)9-13/h3-9,12,18H,10H2,1-2H3/t12-/m1/s1. The van der Waals surface area contributed by atoms with Gasteiger partial charge in [-0.25, -0.2) is 0 Å². The fourth-order valence-corrected chi connectivity index (χ4v) is 2.35. The van der Waals surface area contributed by atoms with Crippen LogP contribution in [0, 0.1) is 6.92 Å². The summed E-state index contributed by atoms with van der Waals surface area (Å²) in [5, 5.41) is 9.75. The number of aliphatic hydroxyl groups is 1. The zero-order chi connectivity index (χ0) is 13.8. The number of ether oxygens (including phenoxy) is 1. The van der Waals surface area contributed by atoms with E-state index in [1.165, 1.54) is 0 Å². The zero-order valence-electron chi connectivity index (χ0n) is 11.1. The van der Waals surface area contributed by atoms with E-state index in [0.29, 0.717) is 6.61 Å². The molecule has 0 amide bonds. The molecule has 0 unspecified atom stereocenters. The fraction of sp³-hybridized carbons (Fsp3) is 0.250. The van der Waals surface area contributed by atoms with Crippen molar-refractivity contribution in [2.75, 3.05) is 0 Å². The number of halogens is 1. The number of hydrogen-bond acceptors (Lipinski definition) is 2. The van der Waals surface area contributed by atoms with E-state index in [2.05, 4.69) is 15.9 Å². The van der Waals surface area contributed by atoms with Crippen molar-refractivity contribution in [3.8, 4) is 5.75 Å². The smallest absolute Gasteiger partial charge is 0.125 e. The van der Waals surface area contributed by atoms with Gasteiger partial charge >= 0.3 is 0 Å². The largest absolute Gasteiger partial charge is 0.489 e. The molecule has 19 heavy (non-hydrogen) atoms. The second-order valence-corrected chi connectivity index (χ2v) is 5.55. The van der Waals surface area contributed by atoms with Gasteiger partial charge in [0.1, 0.15) is 12.4 Å². The van der Waals surface area contributed by atoms with Crippen LogP contribution in [0.15, 0.2) is 46.9 Å². The lowest BCUT2D eigenvalue weighted by molar-refractivity contribution is 0.190. The van der Waals surface area contributed by atoms with E-state index < -0.39 is 6.10 Å². The molecule has 0 radical (unpaired) electrons. The Morgan fingerprint density at radius 3 is 2.68 bits per heavy atom. The lowest BCUT2D eigenvalue weighted by atomic mass is 10.1. The topological polar surface area (TPSA) is 29.5 Å². The molecule has 100 valence electrons. The van der Waals surface area contributed by atoms with Gasteiger partial charge in [0.2, 0.25) is 0 Å². The molecule has 1 N–H and O–H groups in total. The number of hydrogen-bond donors (Lipinski definition) is 1. The van der Waals surface area contributed by atoms with Crippen LogP contribution in [0.1, 0.15) is 29.7 Å². The molecule has 0 aliphatic rings. The van der Waals surface area contributed by atoms with E-state index >= 15 is 0 Å². The minimum Gasteiger partial charge on any atom is -0.489 e. The third kappa shape index (κ3) is 3.82. The minimum absolute atomic E-state index is 0.489. The Hall–Kier alpha value is -1.32. The maximum Gasteiger partial charge on any atom is 0.125 e. The van der Waals surface area contributed by atoms with Gasteiger partial charge in [0, 0.05) is 10.0 Å². The van der Waals surface area contributed by atoms with E-state index in [9.17, 15) is 5.11 Å². The van der Waals surface area contributed by atoms with Crippen LogP contribution in [0.4, 0.5) is 0 Å². The number of aryl methyl sites for hydroxylation is 1. The molecule has 2 nitrogen and oxygen atoms in total. The van der Waals surface area contributed by atoms with Gasteiger partial charge in [0.25, 0.3) is 0 Å². The molecule has 0 fully saturated rings. The predicted molar refractivity (Wildman–Crippen MR) is 80.3 cm³/mol. The fourth-order valence-electron chi connectivity index (χ4n) is 1.90. The van der Waals surface area contributed by atoms with Gasteiger partial charge in [-0.1, -0.05) is 40.2 Å². The summed E-state index contributed by atoms with van der Waals surface area (Å²) in [6.07, 6.45) is -0.530. The van der Waals surface area contributed by atoms with E-state index in [1.807, 2.05) is 49.4 Å². The summed E-state index contributed by atoms with van der Waals surface area (Å²) in [4.78, 5) is 0. The van der Waals surface area contributed by atoms with Crippen LogP contribution < -0.4 is 4.74 Å². The molecule has 2 aromatic rings. The van der Waals surface area contributed by atoms with E-state index in [1.54, 1.807) is 6.92 Å². The first-order chi connectivity index (χ1) is 9.06. The lowest BCUT2D eigenvalue weighted by Gasteiger charge is -2.14. The molecule has 0 bridgehead atoms. The van der Waals surface area contributed by atoms with E-state index in [0.717, 1.165) is 26.9 Å². The molecule has 2 rings (SSSR count). The van der Waals surface area contributed by atoms with Crippen molar-refractivity contribution in [1.82, 2.24) is 0 Å². The highest BCUT2D eigenvalue weighted by Gasteiger charge is 2.09. The summed E-state index contributed by atoms with van der Waals surface area (Å²) in [5.41, 5.74) is 3.03. The van der Waals surface area contributed by atoms with Crippen molar-refractivity contribution in [2.24, 2.45) is 0 Å². The van der Waals surface area contributed by atoms with Crippen LogP contribution in [-0.4, -0.2) is 5.11 Å². The number of aliphatic hydroxyl groups excluding tert-OH is 1. The monoisotopic (exact) mass is 320 g/mol. The van der Waals surface area contributed by atoms with Crippen LogP contribution >= 0.6 is 15.9 Å². The molecule has 0 aliphatic carbocycles. The molecule has 0 heterocycles. The summed E-state index contributed by atoms with van der Waals surface area (Å²) >= 11 is 3.44. The molecular weight excluding hydrogens is 304 g/mol. The summed E-state index contributed by atoms with van der Waals surface area (Å²) in [5.74, 6) is 0.745. The molecule has 0 saturated heterocycles. The predicted octanol–water partition coefficient (Wildman–Crippen LogP) is 4.39. The highest BCUT2D eigenvalue weighted by Crippen LogP contribution is 2.27. The van der Waals surface area contributed by atoms with Crippen molar-refractivity contribution < 1.29 is 9.84 Å². The Bertz CT molecular complexity index is 564. The molecule has 0 saturated carbocycles. The van der Waals surface area contributed by atoms with Crippen molar-refractivity contribution in [3.63, 3.8) is 0 Å². The molecular formula is C16H17BrO2. The van der Waals surface area contributed by atoms with Crippen LogP contribution in [0.2, 0.25) is 0 Å². The van der Waals surface area contributed by atoms with Gasteiger partial charge in [-0.3, -0.25) is 0 Å². The van der Waals surface area contributed by atoms with Gasteiger partial charge in [-0.2, -0.15) is 0 Å². The summed E-state index contributed by atoms with van der Waals surface area (Å²) in [6, 6.07) is 13.9. The Labute approximate surface area is 122 Å². The van der Waals surface area contributed by atoms with Crippen LogP contribution in [0.3, 0.4) is 0 Å².